The molecule has 1 heterocycles. The monoisotopic (exact) mass is 207 g/mol. The molecule has 0 amide bonds. The number of hydrogen-bond acceptors (Lipinski definition) is 3. The average molecular weight is 207 g/mol. The molecule has 0 aliphatic carbocycles. The molecule has 1 aliphatic heterocycles. The lowest BCUT2D eigenvalue weighted by Gasteiger charge is -2.23. The van der Waals surface area contributed by atoms with Crippen LogP contribution >= 0.6 is 0 Å². The van der Waals surface area contributed by atoms with E-state index in [0.29, 0.717) is 13.2 Å². The Bertz CT molecular complexity index is 308. The van der Waals surface area contributed by atoms with Crippen molar-refractivity contribution >= 4 is 0 Å². The fraction of sp³-hybridized carbons (Fsp3) is 0.500. The van der Waals surface area contributed by atoms with Gasteiger partial charge in [-0.15, -0.1) is 0 Å². The molecular formula is C12H17NO2. The zero-order valence-electron chi connectivity index (χ0n) is 8.82. The summed E-state index contributed by atoms with van der Waals surface area (Å²) >= 11 is 0. The molecule has 1 aromatic carbocycles. The maximum absolute atomic E-state index is 5.82. The quantitative estimate of drug-likeness (QED) is 0.820. The molecule has 1 unspecified atom stereocenters. The highest BCUT2D eigenvalue weighted by Gasteiger charge is 2.15. The van der Waals surface area contributed by atoms with Crippen LogP contribution in [-0.2, 0) is 11.3 Å². The van der Waals surface area contributed by atoms with Crippen LogP contribution in [-0.4, -0.2) is 19.3 Å². The third kappa shape index (κ3) is 2.94. The lowest BCUT2D eigenvalue weighted by Crippen LogP contribution is -2.28. The molecule has 0 saturated carbocycles. The first-order valence-corrected chi connectivity index (χ1v) is 5.42. The minimum atomic E-state index is 0.201. The van der Waals surface area contributed by atoms with Gasteiger partial charge < -0.3 is 15.2 Å². The first-order chi connectivity index (χ1) is 7.38. The van der Waals surface area contributed by atoms with Crippen molar-refractivity contribution in [1.82, 2.24) is 0 Å². The third-order valence-electron chi connectivity index (χ3n) is 2.56. The minimum Gasteiger partial charge on any atom is -0.488 e. The van der Waals surface area contributed by atoms with Gasteiger partial charge in [0.1, 0.15) is 11.9 Å². The Morgan fingerprint density at radius 3 is 3.13 bits per heavy atom. The Labute approximate surface area is 90.2 Å². The highest BCUT2D eigenvalue weighted by Crippen LogP contribution is 2.18. The van der Waals surface area contributed by atoms with E-state index in [9.17, 15) is 0 Å². The molecule has 82 valence electrons. The van der Waals surface area contributed by atoms with E-state index in [1.54, 1.807) is 0 Å². The Balaban J connectivity index is 1.96. The molecule has 1 fully saturated rings. The highest BCUT2D eigenvalue weighted by atomic mass is 16.5. The summed E-state index contributed by atoms with van der Waals surface area (Å²) in [4.78, 5) is 0. The molecule has 1 aliphatic rings. The summed E-state index contributed by atoms with van der Waals surface area (Å²) in [5.41, 5.74) is 6.67. The Morgan fingerprint density at radius 2 is 2.40 bits per heavy atom. The van der Waals surface area contributed by atoms with Gasteiger partial charge in [-0.1, -0.05) is 12.1 Å². The summed E-state index contributed by atoms with van der Waals surface area (Å²) in [6, 6.07) is 7.94. The average Bonchev–Trinajstić information content (AvgIpc) is 2.31. The van der Waals surface area contributed by atoms with E-state index < -0.39 is 0 Å². The Hall–Kier alpha value is -1.06. The van der Waals surface area contributed by atoms with Crippen molar-refractivity contribution in [3.05, 3.63) is 29.8 Å². The SMILES string of the molecule is NCc1cccc(OC2CCCOC2)c1. The molecule has 1 saturated heterocycles. The normalized spacial score (nSPS) is 21.3. The van der Waals surface area contributed by atoms with Crippen LogP contribution in [0, 0.1) is 0 Å². The van der Waals surface area contributed by atoms with Gasteiger partial charge in [0.25, 0.3) is 0 Å². The molecule has 1 aromatic rings. The Morgan fingerprint density at radius 1 is 1.47 bits per heavy atom. The van der Waals surface area contributed by atoms with Crippen LogP contribution in [0.3, 0.4) is 0 Å². The molecule has 1 atom stereocenters. The molecule has 3 nitrogen and oxygen atoms in total. The number of ether oxygens (including phenoxy) is 2. The summed E-state index contributed by atoms with van der Waals surface area (Å²) in [6.07, 6.45) is 2.36. The van der Waals surface area contributed by atoms with Crippen molar-refractivity contribution in [2.24, 2.45) is 5.73 Å². The molecule has 0 bridgehead atoms. The third-order valence-corrected chi connectivity index (χ3v) is 2.56. The zero-order valence-corrected chi connectivity index (χ0v) is 8.82. The van der Waals surface area contributed by atoms with Gasteiger partial charge in [0.05, 0.1) is 6.61 Å². The fourth-order valence-corrected chi connectivity index (χ4v) is 1.74. The molecule has 0 spiro atoms. The van der Waals surface area contributed by atoms with Crippen LogP contribution in [0.15, 0.2) is 24.3 Å². The molecule has 0 radical (unpaired) electrons. The van der Waals surface area contributed by atoms with E-state index in [-0.39, 0.29) is 6.10 Å². The number of hydrogen-bond donors (Lipinski definition) is 1. The summed E-state index contributed by atoms with van der Waals surface area (Å²) in [5.74, 6) is 0.897. The van der Waals surface area contributed by atoms with E-state index in [1.165, 1.54) is 0 Å². The van der Waals surface area contributed by atoms with E-state index >= 15 is 0 Å². The highest BCUT2D eigenvalue weighted by molar-refractivity contribution is 5.28. The lowest BCUT2D eigenvalue weighted by molar-refractivity contribution is 0.00740. The van der Waals surface area contributed by atoms with Crippen molar-refractivity contribution in [1.29, 1.82) is 0 Å². The van der Waals surface area contributed by atoms with Crippen LogP contribution < -0.4 is 10.5 Å². The lowest BCUT2D eigenvalue weighted by atomic mass is 10.1. The standard InChI is InChI=1S/C12H17NO2/c13-8-10-3-1-4-11(7-10)15-12-5-2-6-14-9-12/h1,3-4,7,12H,2,5-6,8-9,13H2. The second-order valence-electron chi connectivity index (χ2n) is 3.81. The predicted molar refractivity (Wildman–Crippen MR) is 58.8 cm³/mol. The van der Waals surface area contributed by atoms with Crippen molar-refractivity contribution < 1.29 is 9.47 Å². The smallest absolute Gasteiger partial charge is 0.122 e. The van der Waals surface area contributed by atoms with Gasteiger partial charge in [0.2, 0.25) is 0 Å². The first kappa shape index (κ1) is 10.5. The summed E-state index contributed by atoms with van der Waals surface area (Å²) in [7, 11) is 0. The zero-order chi connectivity index (χ0) is 10.5. The van der Waals surface area contributed by atoms with Gasteiger partial charge in [-0.25, -0.2) is 0 Å². The second-order valence-corrected chi connectivity index (χ2v) is 3.81. The van der Waals surface area contributed by atoms with E-state index in [4.69, 9.17) is 15.2 Å². The van der Waals surface area contributed by atoms with Crippen molar-refractivity contribution in [2.75, 3.05) is 13.2 Å². The fourth-order valence-electron chi connectivity index (χ4n) is 1.74. The van der Waals surface area contributed by atoms with Crippen molar-refractivity contribution in [3.63, 3.8) is 0 Å². The molecule has 2 rings (SSSR count). The summed E-state index contributed by atoms with van der Waals surface area (Å²) in [6.45, 7) is 2.12. The predicted octanol–water partition coefficient (Wildman–Crippen LogP) is 1.70. The largest absolute Gasteiger partial charge is 0.488 e. The number of nitrogens with two attached hydrogens (primary N) is 1. The molecule has 3 heteroatoms. The van der Waals surface area contributed by atoms with E-state index in [2.05, 4.69) is 0 Å². The molecule has 2 N–H and O–H groups in total. The second kappa shape index (κ2) is 5.14. The maximum Gasteiger partial charge on any atom is 0.122 e. The van der Waals surface area contributed by atoms with Crippen LogP contribution in [0.5, 0.6) is 5.75 Å². The summed E-state index contributed by atoms with van der Waals surface area (Å²) < 4.78 is 11.2. The van der Waals surface area contributed by atoms with Gasteiger partial charge in [-0.2, -0.15) is 0 Å². The van der Waals surface area contributed by atoms with Gasteiger partial charge in [0.15, 0.2) is 0 Å². The Kier molecular flexibility index (Phi) is 3.59. The van der Waals surface area contributed by atoms with Gasteiger partial charge >= 0.3 is 0 Å². The van der Waals surface area contributed by atoms with Crippen molar-refractivity contribution in [3.8, 4) is 5.75 Å². The van der Waals surface area contributed by atoms with E-state index in [1.807, 2.05) is 24.3 Å². The minimum absolute atomic E-state index is 0.201. The first-order valence-electron chi connectivity index (χ1n) is 5.42. The van der Waals surface area contributed by atoms with Gasteiger partial charge in [-0.3, -0.25) is 0 Å². The molecular weight excluding hydrogens is 190 g/mol. The molecule has 15 heavy (non-hydrogen) atoms. The number of rotatable bonds is 3. The topological polar surface area (TPSA) is 44.5 Å². The maximum atomic E-state index is 5.82. The van der Waals surface area contributed by atoms with Crippen LogP contribution in [0.4, 0.5) is 0 Å². The summed E-state index contributed by atoms with van der Waals surface area (Å²) in [5, 5.41) is 0. The number of benzene rings is 1. The van der Waals surface area contributed by atoms with Crippen molar-refractivity contribution in [2.45, 2.75) is 25.5 Å². The van der Waals surface area contributed by atoms with Crippen LogP contribution in [0.25, 0.3) is 0 Å². The van der Waals surface area contributed by atoms with Crippen LogP contribution in [0.1, 0.15) is 18.4 Å². The van der Waals surface area contributed by atoms with Crippen LogP contribution in [0.2, 0.25) is 0 Å². The van der Waals surface area contributed by atoms with Gasteiger partial charge in [0, 0.05) is 13.2 Å². The molecule has 0 aromatic heterocycles. The van der Waals surface area contributed by atoms with E-state index in [0.717, 1.165) is 30.8 Å². The van der Waals surface area contributed by atoms with Gasteiger partial charge in [-0.05, 0) is 30.5 Å².